The highest BCUT2D eigenvalue weighted by molar-refractivity contribution is 7.80. The van der Waals surface area contributed by atoms with Gasteiger partial charge in [-0.3, -0.25) is 0 Å². The van der Waals surface area contributed by atoms with Crippen molar-refractivity contribution in [1.82, 2.24) is 0 Å². The SMILES string of the molecule is CCC1(CS)CC(C)(F)C1. The molecular formula is C8H15FS. The summed E-state index contributed by atoms with van der Waals surface area (Å²) in [7, 11) is 0. The third kappa shape index (κ3) is 1.31. The molecule has 0 unspecified atom stereocenters. The minimum absolute atomic E-state index is 0.229. The Morgan fingerprint density at radius 3 is 2.10 bits per heavy atom. The highest BCUT2D eigenvalue weighted by Crippen LogP contribution is 2.53. The third-order valence-corrected chi connectivity index (χ3v) is 3.24. The Hall–Kier alpha value is 0.280. The summed E-state index contributed by atoms with van der Waals surface area (Å²) >= 11 is 4.22. The first-order valence-electron chi connectivity index (χ1n) is 3.83. The highest BCUT2D eigenvalue weighted by Gasteiger charge is 2.50. The lowest BCUT2D eigenvalue weighted by atomic mass is 9.60. The number of hydrogen-bond donors (Lipinski definition) is 1. The maximum Gasteiger partial charge on any atom is 0.109 e. The second kappa shape index (κ2) is 2.40. The Labute approximate surface area is 67.6 Å². The topological polar surface area (TPSA) is 0 Å². The van der Waals surface area contributed by atoms with Gasteiger partial charge in [-0.05, 0) is 37.4 Å². The molecule has 2 heteroatoms. The van der Waals surface area contributed by atoms with E-state index in [1.54, 1.807) is 6.92 Å². The van der Waals surface area contributed by atoms with Crippen LogP contribution in [0, 0.1) is 5.41 Å². The molecule has 0 atom stereocenters. The third-order valence-electron chi connectivity index (χ3n) is 2.57. The van der Waals surface area contributed by atoms with Crippen molar-refractivity contribution >= 4 is 12.6 Å². The first-order chi connectivity index (χ1) is 4.54. The van der Waals surface area contributed by atoms with E-state index in [1.165, 1.54) is 0 Å². The molecule has 0 saturated heterocycles. The molecule has 0 aromatic heterocycles. The maximum absolute atomic E-state index is 13.0. The van der Waals surface area contributed by atoms with E-state index in [4.69, 9.17) is 0 Å². The van der Waals surface area contributed by atoms with E-state index in [9.17, 15) is 4.39 Å². The van der Waals surface area contributed by atoms with Gasteiger partial charge < -0.3 is 0 Å². The molecule has 0 heterocycles. The van der Waals surface area contributed by atoms with Gasteiger partial charge in [0.05, 0.1) is 0 Å². The summed E-state index contributed by atoms with van der Waals surface area (Å²) in [4.78, 5) is 0. The number of hydrogen-bond acceptors (Lipinski definition) is 1. The zero-order valence-corrected chi connectivity index (χ0v) is 7.55. The van der Waals surface area contributed by atoms with Crippen LogP contribution in [-0.4, -0.2) is 11.4 Å². The van der Waals surface area contributed by atoms with Crippen molar-refractivity contribution in [2.45, 2.75) is 38.8 Å². The number of rotatable bonds is 2. The zero-order valence-electron chi connectivity index (χ0n) is 6.65. The zero-order chi connectivity index (χ0) is 7.83. The number of halogens is 1. The van der Waals surface area contributed by atoms with Gasteiger partial charge in [0.15, 0.2) is 0 Å². The van der Waals surface area contributed by atoms with Crippen LogP contribution < -0.4 is 0 Å². The summed E-state index contributed by atoms with van der Waals surface area (Å²) in [5, 5.41) is 0. The predicted molar refractivity (Wildman–Crippen MR) is 45.3 cm³/mol. The fourth-order valence-electron chi connectivity index (χ4n) is 1.99. The van der Waals surface area contributed by atoms with E-state index in [1.807, 2.05) is 0 Å². The van der Waals surface area contributed by atoms with Crippen LogP contribution >= 0.6 is 12.6 Å². The van der Waals surface area contributed by atoms with Crippen molar-refractivity contribution in [2.75, 3.05) is 5.75 Å². The molecule has 0 amide bonds. The lowest BCUT2D eigenvalue weighted by Crippen LogP contribution is -2.47. The van der Waals surface area contributed by atoms with Gasteiger partial charge in [0.1, 0.15) is 5.67 Å². The summed E-state index contributed by atoms with van der Waals surface area (Å²) in [5.41, 5.74) is -0.661. The van der Waals surface area contributed by atoms with Crippen molar-refractivity contribution in [3.05, 3.63) is 0 Å². The smallest absolute Gasteiger partial charge is 0.109 e. The molecule has 1 saturated carbocycles. The minimum atomic E-state index is -0.890. The standard InChI is InChI=1S/C8H15FS/c1-3-8(6-10)4-7(2,9)5-8/h10H,3-6H2,1-2H3. The molecule has 1 rings (SSSR count). The molecule has 1 aliphatic rings. The molecule has 60 valence electrons. The minimum Gasteiger partial charge on any atom is -0.244 e. The fourth-order valence-corrected chi connectivity index (χ4v) is 2.43. The monoisotopic (exact) mass is 162 g/mol. The van der Waals surface area contributed by atoms with Crippen LogP contribution in [0.5, 0.6) is 0 Å². The molecule has 1 aliphatic carbocycles. The average Bonchev–Trinajstić information content (AvgIpc) is 1.82. The van der Waals surface area contributed by atoms with Gasteiger partial charge in [0.2, 0.25) is 0 Å². The fraction of sp³-hybridized carbons (Fsp3) is 1.00. The van der Waals surface area contributed by atoms with E-state index in [0.29, 0.717) is 12.8 Å². The van der Waals surface area contributed by atoms with E-state index in [0.717, 1.165) is 12.2 Å². The van der Waals surface area contributed by atoms with Gasteiger partial charge in [-0.2, -0.15) is 12.6 Å². The van der Waals surface area contributed by atoms with Crippen molar-refractivity contribution in [2.24, 2.45) is 5.41 Å². The Morgan fingerprint density at radius 2 is 2.00 bits per heavy atom. The van der Waals surface area contributed by atoms with E-state index in [2.05, 4.69) is 19.6 Å². The Bertz CT molecular complexity index is 117. The summed E-state index contributed by atoms with van der Waals surface area (Å²) < 4.78 is 13.0. The molecule has 0 nitrogen and oxygen atoms in total. The van der Waals surface area contributed by atoms with Crippen LogP contribution in [-0.2, 0) is 0 Å². The molecule has 1 fully saturated rings. The summed E-state index contributed by atoms with van der Waals surface area (Å²) in [5.74, 6) is 0.836. The van der Waals surface area contributed by atoms with Crippen molar-refractivity contribution in [3.8, 4) is 0 Å². The quantitative estimate of drug-likeness (QED) is 0.593. The van der Waals surface area contributed by atoms with Crippen molar-refractivity contribution < 1.29 is 4.39 Å². The molecule has 0 aliphatic heterocycles. The van der Waals surface area contributed by atoms with Gasteiger partial charge in [0, 0.05) is 0 Å². The molecule has 0 N–H and O–H groups in total. The van der Waals surface area contributed by atoms with E-state index >= 15 is 0 Å². The highest BCUT2D eigenvalue weighted by atomic mass is 32.1. The average molecular weight is 162 g/mol. The molecule has 0 spiro atoms. The summed E-state index contributed by atoms with van der Waals surface area (Å²) in [6.07, 6.45) is 2.48. The van der Waals surface area contributed by atoms with Gasteiger partial charge in [-0.1, -0.05) is 6.92 Å². The van der Waals surface area contributed by atoms with Gasteiger partial charge in [0.25, 0.3) is 0 Å². The van der Waals surface area contributed by atoms with Crippen LogP contribution in [0.4, 0.5) is 4.39 Å². The molecule has 0 radical (unpaired) electrons. The number of alkyl halides is 1. The molecule has 0 bridgehead atoms. The van der Waals surface area contributed by atoms with Crippen LogP contribution in [0.2, 0.25) is 0 Å². The van der Waals surface area contributed by atoms with Crippen LogP contribution in [0.15, 0.2) is 0 Å². The Morgan fingerprint density at radius 1 is 1.50 bits per heavy atom. The Balaban J connectivity index is 2.46. The van der Waals surface area contributed by atoms with Gasteiger partial charge in [-0.15, -0.1) is 0 Å². The van der Waals surface area contributed by atoms with Crippen LogP contribution in [0.1, 0.15) is 33.1 Å². The lowest BCUT2D eigenvalue weighted by molar-refractivity contribution is -0.0408. The molecule has 0 aromatic rings. The van der Waals surface area contributed by atoms with Gasteiger partial charge >= 0.3 is 0 Å². The van der Waals surface area contributed by atoms with E-state index in [-0.39, 0.29) is 5.41 Å². The molecule has 10 heavy (non-hydrogen) atoms. The summed E-state index contributed by atoms with van der Waals surface area (Å²) in [6, 6.07) is 0. The van der Waals surface area contributed by atoms with Gasteiger partial charge in [-0.25, -0.2) is 4.39 Å². The molecular weight excluding hydrogens is 147 g/mol. The number of thiol groups is 1. The summed E-state index contributed by atoms with van der Waals surface area (Å²) in [6.45, 7) is 3.80. The molecule has 0 aromatic carbocycles. The first kappa shape index (κ1) is 8.38. The first-order valence-corrected chi connectivity index (χ1v) is 4.47. The largest absolute Gasteiger partial charge is 0.244 e. The van der Waals surface area contributed by atoms with E-state index < -0.39 is 5.67 Å². The maximum atomic E-state index is 13.0. The van der Waals surface area contributed by atoms with Crippen molar-refractivity contribution in [1.29, 1.82) is 0 Å². The van der Waals surface area contributed by atoms with Crippen LogP contribution in [0.25, 0.3) is 0 Å². The van der Waals surface area contributed by atoms with Crippen LogP contribution in [0.3, 0.4) is 0 Å². The Kier molecular flexibility index (Phi) is 2.01. The second-order valence-corrected chi connectivity index (χ2v) is 4.09. The lowest BCUT2D eigenvalue weighted by Gasteiger charge is -2.49. The second-order valence-electron chi connectivity index (χ2n) is 3.78. The normalized spacial score (nSPS) is 46.8. The van der Waals surface area contributed by atoms with Crippen molar-refractivity contribution in [3.63, 3.8) is 0 Å². The predicted octanol–water partition coefficient (Wildman–Crippen LogP) is 2.83.